The van der Waals surface area contributed by atoms with Gasteiger partial charge in [0.05, 0.1) is 10.7 Å². The highest BCUT2D eigenvalue weighted by atomic mass is 35.5. The van der Waals surface area contributed by atoms with Gasteiger partial charge in [-0.1, -0.05) is 23.7 Å². The van der Waals surface area contributed by atoms with Crippen LogP contribution in [-0.2, 0) is 6.67 Å². The summed E-state index contributed by atoms with van der Waals surface area (Å²) < 4.78 is 13.1. The Morgan fingerprint density at radius 3 is 2.58 bits per heavy atom. The Kier molecular flexibility index (Phi) is 8.50. The lowest BCUT2D eigenvalue weighted by Gasteiger charge is -2.42. The summed E-state index contributed by atoms with van der Waals surface area (Å²) in [7, 11) is 2.18. The van der Waals surface area contributed by atoms with Crippen LogP contribution >= 0.6 is 11.6 Å². The fraction of sp³-hybridized carbons (Fsp3) is 0.367. The highest BCUT2D eigenvalue weighted by Crippen LogP contribution is 2.31. The summed E-state index contributed by atoms with van der Waals surface area (Å²) in [5.41, 5.74) is 9.02. The highest BCUT2D eigenvalue weighted by Gasteiger charge is 2.28. The summed E-state index contributed by atoms with van der Waals surface area (Å²) >= 11 is 6.52. The van der Waals surface area contributed by atoms with Crippen LogP contribution in [0.4, 0.5) is 33.3 Å². The molecule has 0 atom stereocenters. The van der Waals surface area contributed by atoms with Gasteiger partial charge in [0, 0.05) is 43.5 Å². The van der Waals surface area contributed by atoms with Gasteiger partial charge in [0.2, 0.25) is 5.95 Å². The number of fused-ring (bicyclic) bond motifs is 1. The zero-order chi connectivity index (χ0) is 29.9. The van der Waals surface area contributed by atoms with Crippen LogP contribution in [-0.4, -0.2) is 88.0 Å². The standard InChI is InChI=1S/C30H34ClFN10O/c1-40-9-7-22(8-10-40)41-11-13-42(14-12-41)30-38-26-25(27(33)39-30)34-18-35-28(26)37-24-16-20(5-6-23(24)31)29(43)36-21-4-2-3-19(15-21)17-32/h2-6,15-16,18,22H,7-14,17H2,1H3,(H,36,43)(H2,33,38,39)(H,34,35,37). The summed E-state index contributed by atoms with van der Waals surface area (Å²) in [5, 5.41) is 6.40. The zero-order valence-electron chi connectivity index (χ0n) is 23.9. The van der Waals surface area contributed by atoms with Crippen LogP contribution in [0, 0.1) is 0 Å². The van der Waals surface area contributed by atoms with Crippen LogP contribution in [0.2, 0.25) is 5.02 Å². The molecule has 2 aromatic carbocycles. The molecule has 0 bridgehead atoms. The number of carbonyl (C=O) groups is 1. The lowest BCUT2D eigenvalue weighted by atomic mass is 10.0. The number of hydrogen-bond acceptors (Lipinski definition) is 10. The van der Waals surface area contributed by atoms with E-state index < -0.39 is 6.67 Å². The van der Waals surface area contributed by atoms with Gasteiger partial charge in [-0.25, -0.2) is 19.3 Å². The van der Waals surface area contributed by atoms with Crippen molar-refractivity contribution >= 4 is 57.5 Å². The molecule has 13 heteroatoms. The van der Waals surface area contributed by atoms with Crippen molar-refractivity contribution in [1.82, 2.24) is 29.7 Å². The Morgan fingerprint density at radius 1 is 1.02 bits per heavy atom. The minimum absolute atomic E-state index is 0.262. The predicted molar refractivity (Wildman–Crippen MR) is 168 cm³/mol. The van der Waals surface area contributed by atoms with Crippen molar-refractivity contribution in [1.29, 1.82) is 0 Å². The lowest BCUT2D eigenvalue weighted by molar-refractivity contribution is 0.102. The smallest absolute Gasteiger partial charge is 0.255 e. The van der Waals surface area contributed by atoms with Crippen LogP contribution in [0.3, 0.4) is 0 Å². The van der Waals surface area contributed by atoms with Crippen molar-refractivity contribution in [2.45, 2.75) is 25.6 Å². The SMILES string of the molecule is CN1CCC(N2CCN(c3nc(N)c4ncnc(Nc5cc(C(=O)Nc6cccc(CF)c6)ccc5Cl)c4n3)CC2)CC1. The first-order chi connectivity index (χ1) is 20.9. The van der Waals surface area contributed by atoms with Gasteiger partial charge >= 0.3 is 0 Å². The normalized spacial score (nSPS) is 16.9. The van der Waals surface area contributed by atoms with Gasteiger partial charge in [0.25, 0.3) is 5.91 Å². The van der Waals surface area contributed by atoms with Crippen molar-refractivity contribution in [3.05, 3.63) is 64.9 Å². The number of halogens is 2. The zero-order valence-corrected chi connectivity index (χ0v) is 24.7. The maximum absolute atomic E-state index is 13.1. The van der Waals surface area contributed by atoms with E-state index in [1.165, 1.54) is 19.2 Å². The van der Waals surface area contributed by atoms with Crippen LogP contribution in [0.25, 0.3) is 11.0 Å². The van der Waals surface area contributed by atoms with E-state index in [4.69, 9.17) is 22.3 Å². The van der Waals surface area contributed by atoms with Crippen molar-refractivity contribution in [2.24, 2.45) is 0 Å². The highest BCUT2D eigenvalue weighted by molar-refractivity contribution is 6.33. The maximum Gasteiger partial charge on any atom is 0.255 e. The molecule has 2 aliphatic heterocycles. The molecule has 2 fully saturated rings. The van der Waals surface area contributed by atoms with Gasteiger partial charge < -0.3 is 26.2 Å². The first-order valence-corrected chi connectivity index (χ1v) is 14.7. The molecule has 2 saturated heterocycles. The number of amides is 1. The molecule has 4 aromatic rings. The second-order valence-electron chi connectivity index (χ2n) is 11.0. The molecule has 2 aromatic heterocycles. The van der Waals surface area contributed by atoms with Crippen molar-refractivity contribution in [3.8, 4) is 0 Å². The number of nitrogens with one attached hydrogen (secondary N) is 2. The average molecular weight is 605 g/mol. The van der Waals surface area contributed by atoms with E-state index in [0.717, 1.165) is 39.3 Å². The van der Waals surface area contributed by atoms with Crippen LogP contribution in [0.15, 0.2) is 48.8 Å². The molecule has 4 heterocycles. The summed E-state index contributed by atoms with van der Waals surface area (Å²) in [5.74, 6) is 0.815. The van der Waals surface area contributed by atoms with Crippen molar-refractivity contribution in [2.75, 3.05) is 67.6 Å². The number of alkyl halides is 1. The fourth-order valence-corrected chi connectivity index (χ4v) is 5.83. The molecular weight excluding hydrogens is 571 g/mol. The molecule has 224 valence electrons. The first-order valence-electron chi connectivity index (χ1n) is 14.4. The number of aromatic nitrogens is 4. The molecule has 6 rings (SSSR count). The van der Waals surface area contributed by atoms with Crippen molar-refractivity contribution < 1.29 is 9.18 Å². The topological polar surface area (TPSA) is 128 Å². The quantitative estimate of drug-likeness (QED) is 0.280. The number of nitrogen functional groups attached to an aromatic ring is 1. The van der Waals surface area contributed by atoms with Gasteiger partial charge in [-0.2, -0.15) is 4.98 Å². The largest absolute Gasteiger partial charge is 0.382 e. The summed E-state index contributed by atoms with van der Waals surface area (Å²) in [6.45, 7) is 5.13. The third kappa shape index (κ3) is 6.46. The van der Waals surface area contributed by atoms with Gasteiger partial charge in [-0.3, -0.25) is 9.69 Å². The number of benzene rings is 2. The van der Waals surface area contributed by atoms with E-state index in [9.17, 15) is 9.18 Å². The number of nitrogens with zero attached hydrogens (tertiary/aromatic N) is 7. The molecule has 4 N–H and O–H groups in total. The molecule has 0 aliphatic carbocycles. The Morgan fingerprint density at radius 2 is 1.81 bits per heavy atom. The minimum atomic E-state index is -0.615. The number of likely N-dealkylation sites (tertiary alicyclic amines) is 1. The predicted octanol–water partition coefficient (Wildman–Crippen LogP) is 4.34. The molecule has 2 aliphatic rings. The van der Waals surface area contributed by atoms with E-state index in [-0.39, 0.29) is 11.7 Å². The van der Waals surface area contributed by atoms with E-state index in [1.54, 1.807) is 42.5 Å². The molecule has 43 heavy (non-hydrogen) atoms. The van der Waals surface area contributed by atoms with Crippen molar-refractivity contribution in [3.63, 3.8) is 0 Å². The van der Waals surface area contributed by atoms with Crippen LogP contribution in [0.1, 0.15) is 28.8 Å². The van der Waals surface area contributed by atoms with E-state index in [2.05, 4.69) is 47.3 Å². The number of hydrogen-bond donors (Lipinski definition) is 3. The summed E-state index contributed by atoms with van der Waals surface area (Å²) in [6, 6.07) is 12.1. The van der Waals surface area contributed by atoms with Gasteiger partial charge in [0.15, 0.2) is 11.6 Å². The Labute approximate surface area is 254 Å². The third-order valence-electron chi connectivity index (χ3n) is 8.12. The Hall–Kier alpha value is -4.13. The van der Waals surface area contributed by atoms with E-state index in [1.807, 2.05) is 0 Å². The van der Waals surface area contributed by atoms with Gasteiger partial charge in [-0.05, 0) is 68.9 Å². The molecule has 0 saturated carbocycles. The average Bonchev–Trinajstić information content (AvgIpc) is 3.03. The molecule has 0 spiro atoms. The Bertz CT molecular complexity index is 1620. The maximum atomic E-state index is 13.1. The number of piperidine rings is 1. The number of piperazine rings is 1. The van der Waals surface area contributed by atoms with E-state index in [0.29, 0.717) is 56.4 Å². The van der Waals surface area contributed by atoms with Gasteiger partial charge in [-0.15, -0.1) is 0 Å². The summed E-state index contributed by atoms with van der Waals surface area (Å²) in [4.78, 5) is 38.3. The molecule has 0 unspecified atom stereocenters. The van der Waals surface area contributed by atoms with E-state index >= 15 is 0 Å². The second-order valence-corrected chi connectivity index (χ2v) is 11.4. The minimum Gasteiger partial charge on any atom is -0.382 e. The van der Waals surface area contributed by atoms with Crippen LogP contribution < -0.4 is 21.3 Å². The molecule has 1 amide bonds. The van der Waals surface area contributed by atoms with Crippen LogP contribution in [0.5, 0.6) is 0 Å². The van der Waals surface area contributed by atoms with Gasteiger partial charge in [0.1, 0.15) is 24.0 Å². The molecule has 0 radical (unpaired) electrons. The first kappa shape index (κ1) is 29.0. The number of rotatable bonds is 7. The third-order valence-corrected chi connectivity index (χ3v) is 8.45. The molecular formula is C30H34ClFN10O. The Balaban J connectivity index is 1.21. The fourth-order valence-electron chi connectivity index (χ4n) is 5.66. The second kappa shape index (κ2) is 12.6. The number of anilines is 5. The molecule has 11 nitrogen and oxygen atoms in total. The number of nitrogens with two attached hydrogens (primary N) is 1. The number of carbonyl (C=O) groups excluding carboxylic acids is 1. The summed E-state index contributed by atoms with van der Waals surface area (Å²) in [6.07, 6.45) is 3.77. The lowest BCUT2D eigenvalue weighted by Crippen LogP contribution is -2.53. The monoisotopic (exact) mass is 604 g/mol.